The fourth-order valence-corrected chi connectivity index (χ4v) is 4.96. The van der Waals surface area contributed by atoms with Gasteiger partial charge in [0.2, 0.25) is 0 Å². The van der Waals surface area contributed by atoms with Gasteiger partial charge < -0.3 is 15.0 Å². The lowest BCUT2D eigenvalue weighted by molar-refractivity contribution is 0.476. The van der Waals surface area contributed by atoms with Crippen molar-refractivity contribution in [2.45, 2.75) is 6.42 Å². The number of aromatic hydroxyl groups is 1. The van der Waals surface area contributed by atoms with Gasteiger partial charge in [-0.15, -0.1) is 10.2 Å². The van der Waals surface area contributed by atoms with E-state index in [4.69, 9.17) is 0 Å². The molecule has 1 aliphatic rings. The molecule has 5 rings (SSSR count). The molecule has 1 aliphatic heterocycles. The van der Waals surface area contributed by atoms with Gasteiger partial charge in [-0.1, -0.05) is 12.1 Å². The quantitative estimate of drug-likeness (QED) is 0.367. The Morgan fingerprint density at radius 1 is 1.06 bits per heavy atom. The van der Waals surface area contributed by atoms with Crippen LogP contribution < -0.4 is 4.90 Å². The molecule has 9 nitrogen and oxygen atoms in total. The Labute approximate surface area is 184 Å². The highest BCUT2D eigenvalue weighted by Crippen LogP contribution is 2.43. The molecule has 1 fully saturated rings. The van der Waals surface area contributed by atoms with Crippen LogP contribution in [0.4, 0.5) is 10.2 Å². The van der Waals surface area contributed by atoms with Gasteiger partial charge in [0.05, 0.1) is 11.5 Å². The fourth-order valence-electron chi connectivity index (χ4n) is 3.73. The number of aromatic nitrogens is 5. The van der Waals surface area contributed by atoms with Gasteiger partial charge in [0.25, 0.3) is 0 Å². The van der Waals surface area contributed by atoms with Gasteiger partial charge in [-0.3, -0.25) is 14.1 Å². The predicted octanol–water partition coefficient (Wildman–Crippen LogP) is 3.42. The van der Waals surface area contributed by atoms with Gasteiger partial charge in [-0.25, -0.2) is 9.37 Å². The monoisotopic (exact) mass is 456 g/mol. The Kier molecular flexibility index (Phi) is 5.16. The van der Waals surface area contributed by atoms with Crippen molar-refractivity contribution in [3.63, 3.8) is 0 Å². The third-order valence-corrected chi connectivity index (χ3v) is 7.11. The minimum atomic E-state index is -2.56. The summed E-state index contributed by atoms with van der Waals surface area (Å²) in [5.74, 6) is 1.52. The number of H-pyrrole nitrogens is 1. The van der Waals surface area contributed by atoms with E-state index in [1.165, 1.54) is 12.1 Å². The third-order valence-electron chi connectivity index (χ3n) is 5.43. The molecular weight excluding hydrogens is 435 g/mol. The summed E-state index contributed by atoms with van der Waals surface area (Å²) in [6, 6.07) is 9.70. The fraction of sp³-hybridized carbons (Fsp3) is 0.238. The number of pyridine rings is 2. The van der Waals surface area contributed by atoms with Gasteiger partial charge in [0.15, 0.2) is 17.3 Å². The molecule has 0 atom stereocenters. The highest BCUT2D eigenvalue weighted by atomic mass is 32.3. The van der Waals surface area contributed by atoms with E-state index < -0.39 is 10.6 Å². The van der Waals surface area contributed by atoms with Crippen LogP contribution in [0.15, 0.2) is 42.6 Å². The number of nitrogens with one attached hydrogen (secondary N) is 1. The topological polar surface area (TPSA) is 131 Å². The largest absolute Gasteiger partial charge is 0.504 e. The van der Waals surface area contributed by atoms with E-state index in [0.29, 0.717) is 42.1 Å². The zero-order valence-corrected chi connectivity index (χ0v) is 17.8. The van der Waals surface area contributed by atoms with Gasteiger partial charge in [0, 0.05) is 31.1 Å². The smallest absolute Gasteiger partial charge is 0.184 e. The first-order chi connectivity index (χ1) is 15.4. The number of hydrogen-bond donors (Lipinski definition) is 4. The Hall–Kier alpha value is -3.28. The molecule has 0 spiro atoms. The Bertz CT molecular complexity index is 1270. The zero-order valence-electron chi connectivity index (χ0n) is 16.9. The number of hydrogen-bond acceptors (Lipinski definition) is 8. The molecule has 4 N–H and O–H groups in total. The molecule has 0 radical (unpaired) electrons. The summed E-state index contributed by atoms with van der Waals surface area (Å²) < 4.78 is 33.1. The molecule has 3 aromatic heterocycles. The lowest BCUT2D eigenvalue weighted by Crippen LogP contribution is -2.38. The van der Waals surface area contributed by atoms with Crippen molar-refractivity contribution in [1.82, 2.24) is 25.1 Å². The number of rotatable bonds is 4. The molecule has 0 amide bonds. The van der Waals surface area contributed by atoms with Crippen LogP contribution >= 0.6 is 10.6 Å². The number of nitrogens with zero attached hydrogens (tertiary/aromatic N) is 5. The molecule has 0 bridgehead atoms. The molecule has 166 valence electrons. The van der Waals surface area contributed by atoms with Gasteiger partial charge in [-0.05, 0) is 29.8 Å². The number of aromatic amines is 1. The number of anilines is 1. The Balaban J connectivity index is 1.52. The first-order valence-electron chi connectivity index (χ1n) is 10.0. The van der Waals surface area contributed by atoms with E-state index in [9.17, 15) is 18.6 Å². The molecule has 1 saturated heterocycles. The standard InChI is InChI=1S/C21H21FN6O3S/c22-14-5-3-13(4-6-14)12-16-24-20(27-26-16)18-19(29)17-15(2-1-7-23-17)21(25-18)28-8-10-32(30,31)11-9-28/h1-7,29-31H,8-12H2,(H,24,26,27). The Morgan fingerprint density at radius 2 is 1.81 bits per heavy atom. The second-order valence-corrected chi connectivity index (χ2v) is 10.1. The molecular formula is C21H21FN6O3S. The minimum absolute atomic E-state index is 0.116. The van der Waals surface area contributed by atoms with E-state index in [1.807, 2.05) is 11.0 Å². The van der Waals surface area contributed by atoms with Crippen LogP contribution in [0.5, 0.6) is 5.75 Å². The number of benzene rings is 1. The first-order valence-corrected chi connectivity index (χ1v) is 11.9. The van der Waals surface area contributed by atoms with Gasteiger partial charge >= 0.3 is 0 Å². The van der Waals surface area contributed by atoms with Crippen molar-refractivity contribution in [3.05, 3.63) is 59.8 Å². The van der Waals surface area contributed by atoms with Crippen molar-refractivity contribution < 1.29 is 18.6 Å². The van der Waals surface area contributed by atoms with E-state index in [2.05, 4.69) is 25.1 Å². The summed E-state index contributed by atoms with van der Waals surface area (Å²) >= 11 is 0. The average molecular weight is 457 g/mol. The lowest BCUT2D eigenvalue weighted by atomic mass is 10.1. The first kappa shape index (κ1) is 20.6. The molecule has 0 unspecified atom stereocenters. The van der Waals surface area contributed by atoms with E-state index in [-0.39, 0.29) is 34.6 Å². The average Bonchev–Trinajstić information content (AvgIpc) is 3.24. The number of halogens is 1. The van der Waals surface area contributed by atoms with Crippen LogP contribution in [-0.2, 0) is 6.42 Å². The van der Waals surface area contributed by atoms with Crippen LogP contribution in [0.3, 0.4) is 0 Å². The van der Waals surface area contributed by atoms with Crippen molar-refractivity contribution in [2.75, 3.05) is 29.5 Å². The second kappa shape index (κ2) is 8.01. The van der Waals surface area contributed by atoms with Crippen molar-refractivity contribution in [3.8, 4) is 17.3 Å². The maximum atomic E-state index is 13.1. The molecule has 4 heterocycles. The summed E-state index contributed by atoms with van der Waals surface area (Å²) in [6.45, 7) is 0.853. The van der Waals surface area contributed by atoms with E-state index in [1.54, 1.807) is 24.4 Å². The highest BCUT2D eigenvalue weighted by molar-refractivity contribution is 8.24. The molecule has 0 saturated carbocycles. The molecule has 11 heteroatoms. The van der Waals surface area contributed by atoms with Crippen molar-refractivity contribution >= 4 is 27.3 Å². The SMILES string of the molecule is Oc1c(-c2nnc(Cc3ccc(F)cc3)[nH]2)nc(N2CCS(O)(O)CC2)c2cccnc12. The lowest BCUT2D eigenvalue weighted by Gasteiger charge is -2.41. The summed E-state index contributed by atoms with van der Waals surface area (Å²) in [7, 11) is -2.56. The van der Waals surface area contributed by atoms with Crippen LogP contribution in [-0.4, -0.2) is 64.0 Å². The normalized spacial score (nSPS) is 16.9. The second-order valence-electron chi connectivity index (χ2n) is 7.65. The summed E-state index contributed by atoms with van der Waals surface area (Å²) in [5, 5.41) is 19.9. The maximum absolute atomic E-state index is 13.1. The number of fused-ring (bicyclic) bond motifs is 1. The van der Waals surface area contributed by atoms with Crippen LogP contribution in [0, 0.1) is 5.82 Å². The Morgan fingerprint density at radius 3 is 2.56 bits per heavy atom. The van der Waals surface area contributed by atoms with Crippen LogP contribution in [0.2, 0.25) is 0 Å². The summed E-state index contributed by atoms with van der Waals surface area (Å²) in [6.07, 6.45) is 2.00. The molecule has 0 aliphatic carbocycles. The highest BCUT2D eigenvalue weighted by Gasteiger charge is 2.27. The molecule has 1 aromatic carbocycles. The zero-order chi connectivity index (χ0) is 22.3. The summed E-state index contributed by atoms with van der Waals surface area (Å²) in [4.78, 5) is 14.0. The van der Waals surface area contributed by atoms with E-state index >= 15 is 0 Å². The minimum Gasteiger partial charge on any atom is -0.504 e. The van der Waals surface area contributed by atoms with Crippen LogP contribution in [0.1, 0.15) is 11.4 Å². The summed E-state index contributed by atoms with van der Waals surface area (Å²) in [5.41, 5.74) is 1.45. The van der Waals surface area contributed by atoms with Gasteiger partial charge in [-0.2, -0.15) is 10.6 Å². The van der Waals surface area contributed by atoms with Crippen LogP contribution in [0.25, 0.3) is 22.4 Å². The molecule has 32 heavy (non-hydrogen) atoms. The molecule has 4 aromatic rings. The third kappa shape index (κ3) is 3.97. The maximum Gasteiger partial charge on any atom is 0.184 e. The predicted molar refractivity (Wildman–Crippen MR) is 121 cm³/mol. The van der Waals surface area contributed by atoms with E-state index in [0.717, 1.165) is 5.56 Å². The van der Waals surface area contributed by atoms with Crippen molar-refractivity contribution in [1.29, 1.82) is 0 Å². The van der Waals surface area contributed by atoms with Gasteiger partial charge in [0.1, 0.15) is 23.0 Å². The van der Waals surface area contributed by atoms with Crippen molar-refractivity contribution in [2.24, 2.45) is 0 Å².